The number of hydrogen-bond donors (Lipinski definition) is 2. The molecule has 1 aromatic rings. The minimum Gasteiger partial charge on any atom is -0.493 e. The van der Waals surface area contributed by atoms with E-state index in [1.807, 2.05) is 0 Å². The van der Waals surface area contributed by atoms with Gasteiger partial charge in [-0.3, -0.25) is 4.79 Å². The van der Waals surface area contributed by atoms with E-state index in [9.17, 15) is 9.90 Å². The van der Waals surface area contributed by atoms with Gasteiger partial charge in [0.2, 0.25) is 0 Å². The van der Waals surface area contributed by atoms with Crippen molar-refractivity contribution in [3.8, 4) is 11.5 Å². The van der Waals surface area contributed by atoms with Gasteiger partial charge in [-0.05, 0) is 24.6 Å². The average molecular weight is 240 g/mol. The molecule has 0 bridgehead atoms. The maximum Gasteiger partial charge on any atom is 0.316 e. The van der Waals surface area contributed by atoms with Crippen molar-refractivity contribution in [2.45, 2.75) is 12.3 Å². The van der Waals surface area contributed by atoms with Crippen molar-refractivity contribution < 1.29 is 24.5 Å². The molecule has 0 fully saturated rings. The molecule has 1 atom stereocenters. The van der Waals surface area contributed by atoms with Crippen LogP contribution in [-0.4, -0.2) is 37.0 Å². The fourth-order valence-electron chi connectivity index (χ4n) is 1.46. The Hall–Kier alpha value is -1.75. The zero-order valence-electron chi connectivity index (χ0n) is 10.1. The van der Waals surface area contributed by atoms with Crippen LogP contribution >= 0.6 is 0 Å². The monoisotopic (exact) mass is 240 g/mol. The van der Waals surface area contributed by atoms with Gasteiger partial charge in [0.25, 0.3) is 0 Å². The summed E-state index contributed by atoms with van der Waals surface area (Å²) in [5, 5.41) is 18.4. The van der Waals surface area contributed by atoms with Crippen molar-refractivity contribution in [1.82, 2.24) is 0 Å². The predicted octanol–water partition coefficient (Wildman–Crippen LogP) is 1.04. The van der Waals surface area contributed by atoms with Crippen LogP contribution in [0.4, 0.5) is 0 Å². The van der Waals surface area contributed by atoms with Gasteiger partial charge in [-0.2, -0.15) is 0 Å². The molecule has 5 heteroatoms. The largest absolute Gasteiger partial charge is 0.493 e. The van der Waals surface area contributed by atoms with Gasteiger partial charge < -0.3 is 19.7 Å². The van der Waals surface area contributed by atoms with Gasteiger partial charge in [-0.25, -0.2) is 0 Å². The van der Waals surface area contributed by atoms with Gasteiger partial charge in [0.1, 0.15) is 5.41 Å². The molecule has 0 amide bonds. The van der Waals surface area contributed by atoms with Gasteiger partial charge in [0.15, 0.2) is 11.5 Å². The Morgan fingerprint density at radius 3 is 2.29 bits per heavy atom. The van der Waals surface area contributed by atoms with Crippen molar-refractivity contribution >= 4 is 5.97 Å². The molecule has 5 nitrogen and oxygen atoms in total. The Morgan fingerprint density at radius 2 is 1.88 bits per heavy atom. The highest BCUT2D eigenvalue weighted by Gasteiger charge is 2.35. The molecular formula is C12H16O5. The molecule has 0 aromatic heterocycles. The van der Waals surface area contributed by atoms with E-state index in [-0.39, 0.29) is 0 Å². The summed E-state index contributed by atoms with van der Waals surface area (Å²) in [6, 6.07) is 4.78. The fourth-order valence-corrected chi connectivity index (χ4v) is 1.46. The number of methoxy groups -OCH3 is 2. The maximum absolute atomic E-state index is 11.2. The molecule has 0 aliphatic carbocycles. The molecule has 0 radical (unpaired) electrons. The first-order valence-electron chi connectivity index (χ1n) is 5.06. The van der Waals surface area contributed by atoms with Crippen molar-refractivity contribution in [3.63, 3.8) is 0 Å². The van der Waals surface area contributed by atoms with Gasteiger partial charge in [-0.15, -0.1) is 0 Å². The van der Waals surface area contributed by atoms with E-state index in [0.717, 1.165) is 0 Å². The number of benzene rings is 1. The summed E-state index contributed by atoms with van der Waals surface area (Å²) in [6.45, 7) is 0.967. The molecule has 0 heterocycles. The quantitative estimate of drug-likeness (QED) is 0.804. The molecule has 0 aliphatic rings. The first kappa shape index (κ1) is 13.3. The van der Waals surface area contributed by atoms with Crippen LogP contribution < -0.4 is 9.47 Å². The molecule has 1 aromatic carbocycles. The molecule has 1 rings (SSSR count). The standard InChI is InChI=1S/C12H16O5/c1-12(7-13,11(14)15)8-4-5-9(16-2)10(6-8)17-3/h4-6,13H,7H2,1-3H3,(H,14,15). The second kappa shape index (κ2) is 5.05. The normalized spacial score (nSPS) is 13.9. The number of carboxylic acids is 1. The van der Waals surface area contributed by atoms with E-state index in [4.69, 9.17) is 14.6 Å². The molecule has 94 valence electrons. The zero-order chi connectivity index (χ0) is 13.1. The second-order valence-corrected chi connectivity index (χ2v) is 3.87. The summed E-state index contributed by atoms with van der Waals surface area (Å²) < 4.78 is 10.2. The maximum atomic E-state index is 11.2. The summed E-state index contributed by atoms with van der Waals surface area (Å²) >= 11 is 0. The Kier molecular flexibility index (Phi) is 3.96. The van der Waals surface area contributed by atoms with Crippen molar-refractivity contribution in [3.05, 3.63) is 23.8 Å². The topological polar surface area (TPSA) is 76.0 Å². The number of aliphatic carboxylic acids is 1. The van der Waals surface area contributed by atoms with Crippen LogP contribution in [0.15, 0.2) is 18.2 Å². The number of rotatable bonds is 5. The van der Waals surface area contributed by atoms with Crippen molar-refractivity contribution in [2.75, 3.05) is 20.8 Å². The molecule has 17 heavy (non-hydrogen) atoms. The van der Waals surface area contributed by atoms with Crippen LogP contribution in [0, 0.1) is 0 Å². The number of aliphatic hydroxyl groups excluding tert-OH is 1. The van der Waals surface area contributed by atoms with Crippen LogP contribution in [0.2, 0.25) is 0 Å². The number of carboxylic acid groups (broad SMARTS) is 1. The van der Waals surface area contributed by atoms with Crippen molar-refractivity contribution in [2.24, 2.45) is 0 Å². The average Bonchev–Trinajstić information content (AvgIpc) is 2.36. The van der Waals surface area contributed by atoms with E-state index >= 15 is 0 Å². The van der Waals surface area contributed by atoms with Crippen LogP contribution in [-0.2, 0) is 10.2 Å². The van der Waals surface area contributed by atoms with Gasteiger partial charge >= 0.3 is 5.97 Å². The summed E-state index contributed by atoms with van der Waals surface area (Å²) in [5.74, 6) is -0.139. The highest BCUT2D eigenvalue weighted by molar-refractivity contribution is 5.81. The number of aliphatic hydroxyl groups is 1. The Bertz CT molecular complexity index is 415. The second-order valence-electron chi connectivity index (χ2n) is 3.87. The molecule has 0 saturated heterocycles. The van der Waals surface area contributed by atoms with Crippen LogP contribution in [0.1, 0.15) is 12.5 Å². The van der Waals surface area contributed by atoms with Crippen LogP contribution in [0.5, 0.6) is 11.5 Å². The lowest BCUT2D eigenvalue weighted by molar-refractivity contribution is -0.144. The van der Waals surface area contributed by atoms with E-state index < -0.39 is 18.0 Å². The first-order chi connectivity index (χ1) is 7.99. The van der Waals surface area contributed by atoms with E-state index in [1.165, 1.54) is 21.1 Å². The lowest BCUT2D eigenvalue weighted by Gasteiger charge is -2.23. The zero-order valence-corrected chi connectivity index (χ0v) is 10.1. The first-order valence-corrected chi connectivity index (χ1v) is 5.06. The summed E-state index contributed by atoms with van der Waals surface area (Å²) in [5.41, 5.74) is -0.885. The predicted molar refractivity (Wildman–Crippen MR) is 61.6 cm³/mol. The summed E-state index contributed by atoms with van der Waals surface area (Å²) in [7, 11) is 2.97. The SMILES string of the molecule is COc1ccc(C(C)(CO)C(=O)O)cc1OC. The number of hydrogen-bond acceptors (Lipinski definition) is 4. The lowest BCUT2D eigenvalue weighted by atomic mass is 9.83. The highest BCUT2D eigenvalue weighted by atomic mass is 16.5. The minimum absolute atomic E-state index is 0.436. The van der Waals surface area contributed by atoms with E-state index in [0.29, 0.717) is 17.1 Å². The third-order valence-corrected chi connectivity index (χ3v) is 2.81. The molecule has 0 saturated carbocycles. The summed E-state index contributed by atoms with van der Waals surface area (Å²) in [4.78, 5) is 11.2. The number of carbonyl (C=O) groups is 1. The number of ether oxygens (including phenoxy) is 2. The Balaban J connectivity index is 3.27. The van der Waals surface area contributed by atoms with Crippen LogP contribution in [0.3, 0.4) is 0 Å². The summed E-state index contributed by atoms with van der Waals surface area (Å²) in [6.07, 6.45) is 0. The molecule has 0 spiro atoms. The minimum atomic E-state index is -1.35. The molecular weight excluding hydrogens is 224 g/mol. The molecule has 1 unspecified atom stereocenters. The van der Waals surface area contributed by atoms with Crippen LogP contribution in [0.25, 0.3) is 0 Å². The van der Waals surface area contributed by atoms with E-state index in [1.54, 1.807) is 18.2 Å². The van der Waals surface area contributed by atoms with Gasteiger partial charge in [0.05, 0.1) is 20.8 Å². The third kappa shape index (κ3) is 2.34. The molecule has 2 N–H and O–H groups in total. The van der Waals surface area contributed by atoms with Crippen molar-refractivity contribution in [1.29, 1.82) is 0 Å². The highest BCUT2D eigenvalue weighted by Crippen LogP contribution is 2.33. The van der Waals surface area contributed by atoms with Gasteiger partial charge in [0, 0.05) is 0 Å². The fraction of sp³-hybridized carbons (Fsp3) is 0.417. The lowest BCUT2D eigenvalue weighted by Crippen LogP contribution is -2.36. The Labute approximate surface area is 99.6 Å². The van der Waals surface area contributed by atoms with E-state index in [2.05, 4.69) is 0 Å². The Morgan fingerprint density at radius 1 is 1.29 bits per heavy atom. The molecule has 0 aliphatic heterocycles. The third-order valence-electron chi connectivity index (χ3n) is 2.81. The smallest absolute Gasteiger partial charge is 0.316 e. The van der Waals surface area contributed by atoms with Gasteiger partial charge in [-0.1, -0.05) is 6.07 Å².